The Morgan fingerprint density at radius 3 is 3.06 bits per heavy atom. The van der Waals surface area contributed by atoms with Gasteiger partial charge in [0.2, 0.25) is 0 Å². The van der Waals surface area contributed by atoms with Crippen LogP contribution in [0.5, 0.6) is 0 Å². The summed E-state index contributed by atoms with van der Waals surface area (Å²) in [6.45, 7) is 4.78. The van der Waals surface area contributed by atoms with Gasteiger partial charge in [-0.25, -0.2) is 4.98 Å². The largest absolute Gasteiger partial charge is 0.383 e. The van der Waals surface area contributed by atoms with Crippen molar-refractivity contribution in [1.29, 1.82) is 0 Å². The zero-order valence-electron chi connectivity index (χ0n) is 10.8. The topological polar surface area (TPSA) is 49.9 Å². The predicted molar refractivity (Wildman–Crippen MR) is 76.2 cm³/mol. The minimum Gasteiger partial charge on any atom is -0.383 e. The van der Waals surface area contributed by atoms with E-state index in [-0.39, 0.29) is 0 Å². The molecule has 1 unspecified atom stereocenters. The first-order valence-corrected chi connectivity index (χ1v) is 6.98. The van der Waals surface area contributed by atoms with E-state index in [0.29, 0.717) is 5.25 Å². The smallest absolute Gasteiger partial charge is 0.166 e. The van der Waals surface area contributed by atoms with Gasteiger partial charge in [0.15, 0.2) is 5.16 Å². The van der Waals surface area contributed by atoms with E-state index in [9.17, 15) is 0 Å². The standard InChI is InChI=1S/C13H19N3OS/c1-10(9-14-7-8-17-2)18-13-15-11-5-3-4-6-12(11)16-13/h3-6,10,14H,7-9H2,1-2H3,(H,15,16). The Labute approximate surface area is 112 Å². The van der Waals surface area contributed by atoms with Crippen LogP contribution in [-0.2, 0) is 4.74 Å². The van der Waals surface area contributed by atoms with Crippen LogP contribution >= 0.6 is 11.8 Å². The molecule has 0 amide bonds. The van der Waals surface area contributed by atoms with Gasteiger partial charge in [-0.15, -0.1) is 0 Å². The molecule has 5 heteroatoms. The number of benzene rings is 1. The van der Waals surface area contributed by atoms with Crippen LogP contribution < -0.4 is 5.32 Å². The fraction of sp³-hybridized carbons (Fsp3) is 0.462. The molecule has 0 aliphatic rings. The van der Waals surface area contributed by atoms with Crippen LogP contribution in [0.1, 0.15) is 6.92 Å². The molecule has 98 valence electrons. The number of aromatic amines is 1. The van der Waals surface area contributed by atoms with E-state index in [1.54, 1.807) is 18.9 Å². The first-order chi connectivity index (χ1) is 8.79. The van der Waals surface area contributed by atoms with Gasteiger partial charge in [-0.05, 0) is 12.1 Å². The zero-order valence-corrected chi connectivity index (χ0v) is 11.6. The van der Waals surface area contributed by atoms with Gasteiger partial charge in [0, 0.05) is 25.4 Å². The van der Waals surface area contributed by atoms with Gasteiger partial charge >= 0.3 is 0 Å². The molecule has 4 nitrogen and oxygen atoms in total. The lowest BCUT2D eigenvalue weighted by atomic mass is 10.3. The highest BCUT2D eigenvalue weighted by Gasteiger charge is 2.08. The number of fused-ring (bicyclic) bond motifs is 1. The number of nitrogens with one attached hydrogen (secondary N) is 2. The predicted octanol–water partition coefficient (Wildman–Crippen LogP) is 2.28. The van der Waals surface area contributed by atoms with Crippen molar-refractivity contribution in [2.45, 2.75) is 17.3 Å². The van der Waals surface area contributed by atoms with Gasteiger partial charge in [0.25, 0.3) is 0 Å². The van der Waals surface area contributed by atoms with Crippen molar-refractivity contribution in [1.82, 2.24) is 15.3 Å². The minimum atomic E-state index is 0.474. The third-order valence-electron chi connectivity index (χ3n) is 2.60. The molecule has 0 saturated heterocycles. The molecule has 0 aliphatic carbocycles. The maximum absolute atomic E-state index is 4.99. The summed E-state index contributed by atoms with van der Waals surface area (Å²) in [6.07, 6.45) is 0. The molecule has 2 rings (SSSR count). The van der Waals surface area contributed by atoms with Crippen LogP contribution in [0.4, 0.5) is 0 Å². The van der Waals surface area contributed by atoms with Crippen LogP contribution in [0, 0.1) is 0 Å². The Balaban J connectivity index is 1.84. The van der Waals surface area contributed by atoms with Crippen LogP contribution in [0.2, 0.25) is 0 Å². The molecular weight excluding hydrogens is 246 g/mol. The summed E-state index contributed by atoms with van der Waals surface area (Å²) in [4.78, 5) is 7.88. The number of H-pyrrole nitrogens is 1. The lowest BCUT2D eigenvalue weighted by molar-refractivity contribution is 0.199. The summed E-state index contributed by atoms with van der Waals surface area (Å²) in [5.74, 6) is 0. The Kier molecular flexibility index (Phi) is 5.04. The maximum Gasteiger partial charge on any atom is 0.166 e. The van der Waals surface area contributed by atoms with E-state index >= 15 is 0 Å². The normalized spacial score (nSPS) is 13.0. The number of ether oxygens (including phenoxy) is 1. The second-order valence-corrected chi connectivity index (χ2v) is 5.61. The van der Waals surface area contributed by atoms with E-state index in [2.05, 4.69) is 22.2 Å². The number of hydrogen-bond acceptors (Lipinski definition) is 4. The van der Waals surface area contributed by atoms with Crippen LogP contribution in [0.25, 0.3) is 11.0 Å². The van der Waals surface area contributed by atoms with Gasteiger partial charge in [-0.1, -0.05) is 30.8 Å². The van der Waals surface area contributed by atoms with Crippen molar-refractivity contribution in [3.63, 3.8) is 0 Å². The number of thioether (sulfide) groups is 1. The van der Waals surface area contributed by atoms with E-state index in [1.807, 2.05) is 24.3 Å². The molecule has 1 aromatic carbocycles. The molecule has 0 spiro atoms. The summed E-state index contributed by atoms with van der Waals surface area (Å²) >= 11 is 1.76. The van der Waals surface area contributed by atoms with Gasteiger partial charge < -0.3 is 15.0 Å². The molecular formula is C13H19N3OS. The Morgan fingerprint density at radius 1 is 1.44 bits per heavy atom. The van der Waals surface area contributed by atoms with E-state index < -0.39 is 0 Å². The highest BCUT2D eigenvalue weighted by molar-refractivity contribution is 7.99. The number of methoxy groups -OCH3 is 1. The minimum absolute atomic E-state index is 0.474. The van der Waals surface area contributed by atoms with Crippen LogP contribution in [-0.4, -0.2) is 42.0 Å². The highest BCUT2D eigenvalue weighted by atomic mass is 32.2. The quantitative estimate of drug-likeness (QED) is 0.595. The summed E-state index contributed by atoms with van der Waals surface area (Å²) in [5, 5.41) is 4.81. The van der Waals surface area contributed by atoms with Gasteiger partial charge in [-0.3, -0.25) is 0 Å². The number of para-hydroxylation sites is 2. The van der Waals surface area contributed by atoms with E-state index in [4.69, 9.17) is 4.74 Å². The Morgan fingerprint density at radius 2 is 2.28 bits per heavy atom. The molecule has 0 aliphatic heterocycles. The molecule has 18 heavy (non-hydrogen) atoms. The Bertz CT molecular complexity index is 453. The third-order valence-corrected chi connectivity index (χ3v) is 3.58. The highest BCUT2D eigenvalue weighted by Crippen LogP contribution is 2.22. The first-order valence-electron chi connectivity index (χ1n) is 6.10. The van der Waals surface area contributed by atoms with Gasteiger partial charge in [0.05, 0.1) is 17.6 Å². The SMILES string of the molecule is COCCNCC(C)Sc1nc2ccccc2[nH]1. The molecule has 0 fully saturated rings. The summed E-state index contributed by atoms with van der Waals surface area (Å²) < 4.78 is 4.99. The van der Waals surface area contributed by atoms with Crippen molar-refractivity contribution >= 4 is 22.8 Å². The van der Waals surface area contributed by atoms with E-state index in [1.165, 1.54) is 0 Å². The van der Waals surface area contributed by atoms with Crippen molar-refractivity contribution in [2.75, 3.05) is 26.8 Å². The van der Waals surface area contributed by atoms with E-state index in [0.717, 1.165) is 35.9 Å². The lowest BCUT2D eigenvalue weighted by Crippen LogP contribution is -2.26. The summed E-state index contributed by atoms with van der Waals surface area (Å²) in [6, 6.07) is 8.10. The van der Waals surface area contributed by atoms with Crippen LogP contribution in [0.3, 0.4) is 0 Å². The molecule has 0 saturated carbocycles. The number of aromatic nitrogens is 2. The monoisotopic (exact) mass is 265 g/mol. The van der Waals surface area contributed by atoms with Crippen LogP contribution in [0.15, 0.2) is 29.4 Å². The molecule has 0 bridgehead atoms. The lowest BCUT2D eigenvalue weighted by Gasteiger charge is -2.10. The average Bonchev–Trinajstić information content (AvgIpc) is 2.76. The first kappa shape index (κ1) is 13.4. The number of imidazole rings is 1. The molecule has 0 radical (unpaired) electrons. The van der Waals surface area contributed by atoms with Crippen molar-refractivity contribution in [3.8, 4) is 0 Å². The molecule has 2 N–H and O–H groups in total. The molecule has 1 atom stereocenters. The van der Waals surface area contributed by atoms with Crippen molar-refractivity contribution in [3.05, 3.63) is 24.3 Å². The second-order valence-electron chi connectivity index (χ2n) is 4.18. The third kappa shape index (κ3) is 3.73. The average molecular weight is 265 g/mol. The van der Waals surface area contributed by atoms with Gasteiger partial charge in [-0.2, -0.15) is 0 Å². The Hall–Kier alpha value is -1.04. The number of nitrogens with zero attached hydrogens (tertiary/aromatic N) is 1. The summed E-state index contributed by atoms with van der Waals surface area (Å²) in [5.41, 5.74) is 2.12. The fourth-order valence-electron chi connectivity index (χ4n) is 1.70. The van der Waals surface area contributed by atoms with Crippen molar-refractivity contribution < 1.29 is 4.74 Å². The molecule has 2 aromatic rings. The van der Waals surface area contributed by atoms with Crippen molar-refractivity contribution in [2.24, 2.45) is 0 Å². The zero-order chi connectivity index (χ0) is 12.8. The summed E-state index contributed by atoms with van der Waals surface area (Å²) in [7, 11) is 1.72. The maximum atomic E-state index is 4.99. The number of rotatable bonds is 7. The fourth-order valence-corrected chi connectivity index (χ4v) is 2.60. The number of hydrogen-bond donors (Lipinski definition) is 2. The molecule has 1 heterocycles. The molecule has 1 aromatic heterocycles. The van der Waals surface area contributed by atoms with Gasteiger partial charge in [0.1, 0.15) is 0 Å². The second kappa shape index (κ2) is 6.78.